The van der Waals surface area contributed by atoms with Crippen molar-refractivity contribution in [2.24, 2.45) is 14.1 Å². The van der Waals surface area contributed by atoms with Gasteiger partial charge in [-0.2, -0.15) is 0 Å². The topological polar surface area (TPSA) is 88.1 Å². The predicted octanol–water partition coefficient (Wildman–Crippen LogP) is 1.44. The highest BCUT2D eigenvalue weighted by atomic mass is 16.5. The Morgan fingerprint density at radius 2 is 1.89 bits per heavy atom. The van der Waals surface area contributed by atoms with E-state index in [4.69, 9.17) is 4.74 Å². The van der Waals surface area contributed by atoms with Gasteiger partial charge in [-0.3, -0.25) is 18.7 Å². The number of aromatic nitrogens is 4. The van der Waals surface area contributed by atoms with Crippen molar-refractivity contribution in [3.8, 4) is 5.75 Å². The largest absolute Gasteiger partial charge is 0.426 e. The highest BCUT2D eigenvalue weighted by Crippen LogP contribution is 2.19. The monoisotopic (exact) mass is 370 g/mol. The van der Waals surface area contributed by atoms with Crippen molar-refractivity contribution in [2.45, 2.75) is 33.2 Å². The van der Waals surface area contributed by atoms with Crippen molar-refractivity contribution in [2.75, 3.05) is 0 Å². The van der Waals surface area contributed by atoms with E-state index in [2.05, 4.69) is 4.98 Å². The predicted molar refractivity (Wildman–Crippen MR) is 101 cm³/mol. The zero-order chi connectivity index (χ0) is 19.7. The summed E-state index contributed by atoms with van der Waals surface area (Å²) in [7, 11) is 3.01. The van der Waals surface area contributed by atoms with E-state index in [1.807, 2.05) is 26.0 Å². The molecule has 0 radical (unpaired) electrons. The molecule has 3 aromatic rings. The van der Waals surface area contributed by atoms with Crippen LogP contribution in [0.1, 0.15) is 24.0 Å². The van der Waals surface area contributed by atoms with Gasteiger partial charge in [0, 0.05) is 27.1 Å². The maximum atomic E-state index is 12.4. The third-order valence-corrected chi connectivity index (χ3v) is 4.55. The van der Waals surface area contributed by atoms with Crippen molar-refractivity contribution in [1.82, 2.24) is 18.7 Å². The number of hydrogen-bond donors (Lipinski definition) is 0. The molecule has 2 heterocycles. The lowest BCUT2D eigenvalue weighted by Crippen LogP contribution is -2.37. The van der Waals surface area contributed by atoms with E-state index < -0.39 is 11.2 Å². The van der Waals surface area contributed by atoms with Crippen molar-refractivity contribution >= 4 is 17.1 Å². The average molecular weight is 370 g/mol. The summed E-state index contributed by atoms with van der Waals surface area (Å²) < 4.78 is 9.46. The van der Waals surface area contributed by atoms with Crippen molar-refractivity contribution in [3.63, 3.8) is 0 Å². The fourth-order valence-electron chi connectivity index (χ4n) is 3.05. The molecule has 27 heavy (non-hydrogen) atoms. The average Bonchev–Trinajstić information content (AvgIpc) is 3.04. The van der Waals surface area contributed by atoms with Crippen LogP contribution in [0.25, 0.3) is 11.2 Å². The Balaban J connectivity index is 1.70. The molecule has 0 saturated carbocycles. The van der Waals surface area contributed by atoms with E-state index in [0.717, 1.165) is 15.7 Å². The third kappa shape index (κ3) is 3.55. The minimum absolute atomic E-state index is 0.207. The highest BCUT2D eigenvalue weighted by molar-refractivity contribution is 5.73. The maximum Gasteiger partial charge on any atom is 0.332 e. The van der Waals surface area contributed by atoms with Gasteiger partial charge < -0.3 is 9.30 Å². The highest BCUT2D eigenvalue weighted by Gasteiger charge is 2.14. The minimum atomic E-state index is -0.421. The fraction of sp³-hybridized carbons (Fsp3) is 0.368. The Labute approximate surface area is 155 Å². The fourth-order valence-corrected chi connectivity index (χ4v) is 3.05. The first kappa shape index (κ1) is 18.6. The second kappa shape index (κ2) is 7.22. The molecule has 8 nitrogen and oxygen atoms in total. The Kier molecular flexibility index (Phi) is 4.98. The first-order valence-electron chi connectivity index (χ1n) is 8.68. The molecule has 8 heteroatoms. The first-order valence-corrected chi connectivity index (χ1v) is 8.68. The standard InChI is InChI=1S/C19H22N4O4/c1-12-7-8-14(13(2)10-12)27-15(24)6-5-9-23-11-20-17-16(23)18(25)22(4)19(26)21(17)3/h7-8,10-11H,5-6,9H2,1-4H3. The molecule has 0 bridgehead atoms. The van der Waals surface area contributed by atoms with Crippen LogP contribution in [0.2, 0.25) is 0 Å². The van der Waals surface area contributed by atoms with Crippen LogP contribution in [0.5, 0.6) is 5.75 Å². The third-order valence-electron chi connectivity index (χ3n) is 4.55. The van der Waals surface area contributed by atoms with Crippen LogP contribution < -0.4 is 16.0 Å². The zero-order valence-electron chi connectivity index (χ0n) is 15.9. The van der Waals surface area contributed by atoms with Crippen LogP contribution >= 0.6 is 0 Å². The van der Waals surface area contributed by atoms with Crippen molar-refractivity contribution in [1.29, 1.82) is 0 Å². The Hall–Kier alpha value is -3.16. The quantitative estimate of drug-likeness (QED) is 0.501. The number of carbonyl (C=O) groups excluding carboxylic acids is 1. The van der Waals surface area contributed by atoms with Gasteiger partial charge in [0.1, 0.15) is 5.75 Å². The summed E-state index contributed by atoms with van der Waals surface area (Å²) in [5, 5.41) is 0. The minimum Gasteiger partial charge on any atom is -0.426 e. The van der Waals surface area contributed by atoms with Crippen LogP contribution in [0.3, 0.4) is 0 Å². The lowest BCUT2D eigenvalue weighted by Gasteiger charge is -2.09. The number of fused-ring (bicyclic) bond motifs is 1. The number of carbonyl (C=O) groups is 1. The molecular weight excluding hydrogens is 348 g/mol. The number of ether oxygens (including phenoxy) is 1. The normalized spacial score (nSPS) is 11.1. The molecule has 2 aromatic heterocycles. The molecule has 0 aliphatic rings. The smallest absolute Gasteiger partial charge is 0.332 e. The number of benzene rings is 1. The molecule has 0 fully saturated rings. The lowest BCUT2D eigenvalue weighted by atomic mass is 10.1. The summed E-state index contributed by atoms with van der Waals surface area (Å²) in [5.74, 6) is 0.231. The van der Waals surface area contributed by atoms with E-state index in [9.17, 15) is 14.4 Å². The van der Waals surface area contributed by atoms with E-state index in [-0.39, 0.29) is 12.4 Å². The van der Waals surface area contributed by atoms with E-state index in [1.54, 1.807) is 17.7 Å². The van der Waals surface area contributed by atoms with Crippen LogP contribution in [0, 0.1) is 13.8 Å². The van der Waals surface area contributed by atoms with Gasteiger partial charge in [-0.05, 0) is 31.9 Å². The van der Waals surface area contributed by atoms with Gasteiger partial charge in [0.25, 0.3) is 5.56 Å². The Morgan fingerprint density at radius 1 is 1.15 bits per heavy atom. The van der Waals surface area contributed by atoms with Crippen molar-refractivity contribution in [3.05, 3.63) is 56.5 Å². The molecule has 142 valence electrons. The van der Waals surface area contributed by atoms with E-state index >= 15 is 0 Å². The summed E-state index contributed by atoms with van der Waals surface area (Å²) in [6.45, 7) is 4.30. The molecule has 0 unspecified atom stereocenters. The summed E-state index contributed by atoms with van der Waals surface area (Å²) in [5.41, 5.74) is 1.88. The summed E-state index contributed by atoms with van der Waals surface area (Å²) >= 11 is 0. The molecule has 1 aromatic carbocycles. The van der Waals surface area contributed by atoms with Crippen LogP contribution in [-0.4, -0.2) is 24.7 Å². The Bertz CT molecular complexity index is 1140. The summed E-state index contributed by atoms with van der Waals surface area (Å²) in [6, 6.07) is 5.64. The Morgan fingerprint density at radius 3 is 2.59 bits per heavy atom. The SMILES string of the molecule is Cc1ccc(OC(=O)CCCn2cnc3c2c(=O)n(C)c(=O)n3C)c(C)c1. The summed E-state index contributed by atoms with van der Waals surface area (Å²) in [6.07, 6.45) is 2.21. The molecule has 0 saturated heterocycles. The number of rotatable bonds is 5. The van der Waals surface area contributed by atoms with Gasteiger partial charge >= 0.3 is 11.7 Å². The number of esters is 1. The van der Waals surface area contributed by atoms with Crippen LogP contribution in [0.4, 0.5) is 0 Å². The van der Waals surface area contributed by atoms with Crippen LogP contribution in [0.15, 0.2) is 34.1 Å². The maximum absolute atomic E-state index is 12.4. The number of nitrogens with zero attached hydrogens (tertiary/aromatic N) is 4. The van der Waals surface area contributed by atoms with E-state index in [0.29, 0.717) is 29.9 Å². The van der Waals surface area contributed by atoms with Gasteiger partial charge in [0.2, 0.25) is 0 Å². The number of aryl methyl sites for hydroxylation is 4. The van der Waals surface area contributed by atoms with Gasteiger partial charge in [-0.25, -0.2) is 9.78 Å². The van der Waals surface area contributed by atoms with Crippen LogP contribution in [-0.2, 0) is 25.4 Å². The molecule has 0 amide bonds. The molecule has 3 rings (SSSR count). The van der Waals surface area contributed by atoms with Gasteiger partial charge in [0.15, 0.2) is 11.2 Å². The molecule has 0 N–H and O–H groups in total. The van der Waals surface area contributed by atoms with Gasteiger partial charge in [-0.1, -0.05) is 17.7 Å². The van der Waals surface area contributed by atoms with E-state index in [1.165, 1.54) is 17.9 Å². The number of hydrogen-bond acceptors (Lipinski definition) is 5. The van der Waals surface area contributed by atoms with Crippen molar-refractivity contribution < 1.29 is 9.53 Å². The molecule has 0 aliphatic carbocycles. The summed E-state index contributed by atoms with van der Waals surface area (Å²) in [4.78, 5) is 40.6. The lowest BCUT2D eigenvalue weighted by molar-refractivity contribution is -0.134. The van der Waals surface area contributed by atoms with Gasteiger partial charge in [0.05, 0.1) is 6.33 Å². The van der Waals surface area contributed by atoms with Gasteiger partial charge in [-0.15, -0.1) is 0 Å². The molecule has 0 spiro atoms. The molecule has 0 atom stereocenters. The zero-order valence-corrected chi connectivity index (χ0v) is 15.9. The molecular formula is C19H22N4O4. The first-order chi connectivity index (χ1) is 12.8. The number of imidazole rings is 1. The molecule has 0 aliphatic heterocycles. The second-order valence-corrected chi connectivity index (χ2v) is 6.66. The second-order valence-electron chi connectivity index (χ2n) is 6.66.